The van der Waals surface area contributed by atoms with Gasteiger partial charge in [-0.1, -0.05) is 19.1 Å². The molecular weight excluding hydrogens is 506 g/mol. The van der Waals surface area contributed by atoms with Crippen LogP contribution in [-0.2, 0) is 9.59 Å². The lowest BCUT2D eigenvalue weighted by Gasteiger charge is -2.31. The van der Waals surface area contributed by atoms with Crippen LogP contribution in [0.4, 0.5) is 0 Å². The first-order valence-corrected chi connectivity index (χ1v) is 12.6. The van der Waals surface area contributed by atoms with Crippen molar-refractivity contribution in [3.63, 3.8) is 0 Å². The van der Waals surface area contributed by atoms with E-state index in [1.165, 1.54) is 7.11 Å². The molecule has 3 aromatic carbocycles. The van der Waals surface area contributed by atoms with Gasteiger partial charge >= 0.3 is 11.9 Å². The Balaban J connectivity index is 1.69. The van der Waals surface area contributed by atoms with Crippen molar-refractivity contribution in [2.75, 3.05) is 33.7 Å². The summed E-state index contributed by atoms with van der Waals surface area (Å²) in [5.74, 6) is 0.494. The summed E-state index contributed by atoms with van der Waals surface area (Å²) in [6.07, 6.45) is 0.830. The lowest BCUT2D eigenvalue weighted by atomic mass is 9.94. The van der Waals surface area contributed by atoms with Crippen molar-refractivity contribution >= 4 is 11.9 Å². The first-order chi connectivity index (χ1) is 18.9. The van der Waals surface area contributed by atoms with E-state index < -0.39 is 30.6 Å². The van der Waals surface area contributed by atoms with E-state index in [2.05, 4.69) is 0 Å². The molecule has 0 fully saturated rings. The highest BCUT2D eigenvalue weighted by atomic mass is 16.7. The topological polar surface area (TPSA) is 124 Å². The van der Waals surface area contributed by atoms with E-state index in [0.29, 0.717) is 35.2 Å². The Hall–Kier alpha value is -4.44. The number of fused-ring (bicyclic) bond motifs is 2. The maximum absolute atomic E-state index is 12.2. The Bertz CT molecular complexity index is 1390. The van der Waals surface area contributed by atoms with Crippen molar-refractivity contribution in [3.05, 3.63) is 76.9 Å². The number of carboxylic acid groups (broad SMARTS) is 2. The summed E-state index contributed by atoms with van der Waals surface area (Å²) in [6.45, 7) is 1.81. The predicted molar refractivity (Wildman–Crippen MR) is 139 cm³/mol. The van der Waals surface area contributed by atoms with Gasteiger partial charge in [-0.05, 0) is 59.5 Å². The molecular formula is C29H29NO9. The molecule has 0 amide bonds. The Morgan fingerprint density at radius 2 is 1.64 bits per heavy atom. The van der Waals surface area contributed by atoms with Crippen molar-refractivity contribution in [1.82, 2.24) is 4.90 Å². The SMILES string of the molecule is CCCOc1ccc2c(c1)C(c1ccc(OC)cc1OCC(=O)O)N(CC(=O)O)C2c1ccc2c(c1)OCO2. The van der Waals surface area contributed by atoms with Crippen molar-refractivity contribution in [2.24, 2.45) is 0 Å². The molecule has 204 valence electrons. The van der Waals surface area contributed by atoms with Gasteiger partial charge in [0.05, 0.1) is 32.3 Å². The summed E-state index contributed by atoms with van der Waals surface area (Å²) < 4.78 is 28.1. The monoisotopic (exact) mass is 535 g/mol. The zero-order valence-corrected chi connectivity index (χ0v) is 21.6. The fraction of sp³-hybridized carbons (Fsp3) is 0.310. The molecule has 2 atom stereocenters. The summed E-state index contributed by atoms with van der Waals surface area (Å²) >= 11 is 0. The third-order valence-corrected chi connectivity index (χ3v) is 6.68. The minimum Gasteiger partial charge on any atom is -0.497 e. The summed E-state index contributed by atoms with van der Waals surface area (Å²) in [4.78, 5) is 25.4. The number of methoxy groups -OCH3 is 1. The first-order valence-electron chi connectivity index (χ1n) is 12.6. The van der Waals surface area contributed by atoms with Gasteiger partial charge in [-0.25, -0.2) is 4.79 Å². The van der Waals surface area contributed by atoms with Gasteiger partial charge in [0.25, 0.3) is 0 Å². The van der Waals surface area contributed by atoms with Crippen LogP contribution in [0.5, 0.6) is 28.7 Å². The molecule has 5 rings (SSSR count). The molecule has 2 unspecified atom stereocenters. The smallest absolute Gasteiger partial charge is 0.341 e. The maximum Gasteiger partial charge on any atom is 0.341 e. The minimum atomic E-state index is -1.13. The van der Waals surface area contributed by atoms with Crippen LogP contribution < -0.4 is 23.7 Å². The molecule has 0 radical (unpaired) electrons. The Labute approximate surface area is 225 Å². The quantitative estimate of drug-likeness (QED) is 0.368. The van der Waals surface area contributed by atoms with E-state index in [0.717, 1.165) is 23.1 Å². The molecule has 0 aliphatic carbocycles. The number of benzene rings is 3. The van der Waals surface area contributed by atoms with Crippen LogP contribution in [0, 0.1) is 0 Å². The lowest BCUT2D eigenvalue weighted by Crippen LogP contribution is -2.33. The highest BCUT2D eigenvalue weighted by Gasteiger charge is 2.43. The third kappa shape index (κ3) is 5.28. The highest BCUT2D eigenvalue weighted by Crippen LogP contribution is 2.52. The van der Waals surface area contributed by atoms with Gasteiger partial charge in [0.15, 0.2) is 18.1 Å². The second-order valence-electron chi connectivity index (χ2n) is 9.21. The highest BCUT2D eigenvalue weighted by molar-refractivity contribution is 5.71. The van der Waals surface area contributed by atoms with Crippen LogP contribution in [0.25, 0.3) is 0 Å². The van der Waals surface area contributed by atoms with Crippen molar-refractivity contribution in [2.45, 2.75) is 25.4 Å². The summed E-state index contributed by atoms with van der Waals surface area (Å²) in [5.41, 5.74) is 3.16. The van der Waals surface area contributed by atoms with Crippen molar-refractivity contribution < 1.29 is 43.5 Å². The molecule has 10 heteroatoms. The van der Waals surface area contributed by atoms with Gasteiger partial charge in [-0.2, -0.15) is 0 Å². The first kappa shape index (κ1) is 26.2. The van der Waals surface area contributed by atoms with Crippen LogP contribution in [0.3, 0.4) is 0 Å². The van der Waals surface area contributed by atoms with E-state index in [9.17, 15) is 19.8 Å². The normalized spacial score (nSPS) is 17.5. The molecule has 39 heavy (non-hydrogen) atoms. The molecule has 2 N–H and O–H groups in total. The minimum absolute atomic E-state index is 0.121. The Morgan fingerprint density at radius 3 is 2.38 bits per heavy atom. The number of carbonyl (C=O) groups is 2. The van der Waals surface area contributed by atoms with Crippen LogP contribution >= 0.6 is 0 Å². The number of hydrogen-bond acceptors (Lipinski definition) is 8. The van der Waals surface area contributed by atoms with Gasteiger partial charge in [0.1, 0.15) is 17.2 Å². The number of aliphatic carboxylic acids is 2. The van der Waals surface area contributed by atoms with Crippen LogP contribution in [0.1, 0.15) is 47.7 Å². The van der Waals surface area contributed by atoms with Gasteiger partial charge in [-0.3, -0.25) is 9.69 Å². The molecule has 2 aliphatic heterocycles. The fourth-order valence-corrected chi connectivity index (χ4v) is 5.13. The zero-order valence-electron chi connectivity index (χ0n) is 21.6. The molecule has 0 saturated heterocycles. The standard InChI is InChI=1S/C29H29NO9/c1-3-10-36-19-6-7-20-22(12-19)29(21-8-5-18(35-2)13-24(21)37-15-27(33)34)30(14-26(31)32)28(20)17-4-9-23-25(11-17)39-16-38-23/h4-9,11-13,28-29H,3,10,14-16H2,1-2H3,(H,31,32)(H,33,34). The zero-order chi connectivity index (χ0) is 27.5. The molecule has 2 aliphatic rings. The number of rotatable bonds is 11. The van der Waals surface area contributed by atoms with Crippen molar-refractivity contribution in [1.29, 1.82) is 0 Å². The van der Waals surface area contributed by atoms with Crippen LogP contribution in [-0.4, -0.2) is 60.7 Å². The predicted octanol–water partition coefficient (Wildman–Crippen LogP) is 4.26. The molecule has 10 nitrogen and oxygen atoms in total. The molecule has 2 heterocycles. The average molecular weight is 536 g/mol. The number of ether oxygens (including phenoxy) is 5. The van der Waals surface area contributed by atoms with Crippen molar-refractivity contribution in [3.8, 4) is 28.7 Å². The number of nitrogens with zero attached hydrogens (tertiary/aromatic N) is 1. The lowest BCUT2D eigenvalue weighted by molar-refractivity contribution is -0.139. The van der Waals surface area contributed by atoms with E-state index in [4.69, 9.17) is 23.7 Å². The van der Waals surface area contributed by atoms with Crippen LogP contribution in [0.2, 0.25) is 0 Å². The Kier molecular flexibility index (Phi) is 7.47. The maximum atomic E-state index is 12.2. The Morgan fingerprint density at radius 1 is 0.872 bits per heavy atom. The molecule has 0 spiro atoms. The third-order valence-electron chi connectivity index (χ3n) is 6.68. The molecule has 0 saturated carbocycles. The fourth-order valence-electron chi connectivity index (χ4n) is 5.13. The molecule has 0 bridgehead atoms. The largest absolute Gasteiger partial charge is 0.497 e. The van der Waals surface area contributed by atoms with E-state index in [1.807, 2.05) is 48.2 Å². The van der Waals surface area contributed by atoms with Gasteiger partial charge < -0.3 is 33.9 Å². The second kappa shape index (κ2) is 11.1. The van der Waals surface area contributed by atoms with E-state index in [1.54, 1.807) is 18.2 Å². The van der Waals surface area contributed by atoms with Gasteiger partial charge in [0.2, 0.25) is 6.79 Å². The summed E-state index contributed by atoms with van der Waals surface area (Å²) in [6, 6.07) is 15.4. The molecule has 3 aromatic rings. The number of carboxylic acids is 2. The average Bonchev–Trinajstić information content (AvgIpc) is 3.51. The van der Waals surface area contributed by atoms with E-state index in [-0.39, 0.29) is 19.1 Å². The van der Waals surface area contributed by atoms with Crippen LogP contribution in [0.15, 0.2) is 54.6 Å². The summed E-state index contributed by atoms with van der Waals surface area (Å²) in [7, 11) is 1.50. The molecule has 0 aromatic heterocycles. The van der Waals surface area contributed by atoms with Gasteiger partial charge in [-0.15, -0.1) is 0 Å². The number of hydrogen-bond donors (Lipinski definition) is 2. The second-order valence-corrected chi connectivity index (χ2v) is 9.21. The van der Waals surface area contributed by atoms with E-state index >= 15 is 0 Å². The summed E-state index contributed by atoms with van der Waals surface area (Å²) in [5, 5.41) is 19.3. The van der Waals surface area contributed by atoms with Gasteiger partial charge in [0, 0.05) is 11.6 Å².